The maximum Gasteiger partial charge on any atom is 0.239 e. The maximum atomic E-state index is 11.5. The van der Waals surface area contributed by atoms with Gasteiger partial charge in [-0.2, -0.15) is 0 Å². The van der Waals surface area contributed by atoms with Gasteiger partial charge in [-0.15, -0.1) is 0 Å². The van der Waals surface area contributed by atoms with Crippen molar-refractivity contribution in [3.8, 4) is 0 Å². The fraction of sp³-hybridized carbons (Fsp3) is 0.833. The molecule has 0 rings (SSSR count). The Kier molecular flexibility index (Phi) is 6.80. The van der Waals surface area contributed by atoms with Crippen LogP contribution in [-0.2, 0) is 9.59 Å². The third-order valence-electron chi connectivity index (χ3n) is 2.69. The van der Waals surface area contributed by atoms with E-state index < -0.39 is 0 Å². The lowest BCUT2D eigenvalue weighted by molar-refractivity contribution is -0.133. The Balaban J connectivity index is 3.94. The van der Waals surface area contributed by atoms with Crippen molar-refractivity contribution < 1.29 is 14.7 Å². The fourth-order valence-electron chi connectivity index (χ4n) is 1.37. The molecule has 100 valence electrons. The molecule has 0 bridgehead atoms. The van der Waals surface area contributed by atoms with Gasteiger partial charge < -0.3 is 15.3 Å². The number of amides is 2. The number of hydrogen-bond donors (Lipinski definition) is 2. The number of nitrogens with one attached hydrogen (secondary N) is 1. The van der Waals surface area contributed by atoms with E-state index in [4.69, 9.17) is 5.11 Å². The summed E-state index contributed by atoms with van der Waals surface area (Å²) < 4.78 is 0. The number of aliphatic hydroxyl groups is 1. The quantitative estimate of drug-likeness (QED) is 0.680. The van der Waals surface area contributed by atoms with Crippen molar-refractivity contribution >= 4 is 11.8 Å². The van der Waals surface area contributed by atoms with Gasteiger partial charge in [0.05, 0.1) is 6.54 Å². The zero-order valence-electron chi connectivity index (χ0n) is 11.2. The van der Waals surface area contributed by atoms with Crippen LogP contribution in [0.2, 0.25) is 0 Å². The summed E-state index contributed by atoms with van der Waals surface area (Å²) in [5.74, 6) is -0.278. The average molecular weight is 244 g/mol. The van der Waals surface area contributed by atoms with Crippen LogP contribution in [0.4, 0.5) is 0 Å². The summed E-state index contributed by atoms with van der Waals surface area (Å²) in [7, 11) is 1.60. The van der Waals surface area contributed by atoms with E-state index in [1.54, 1.807) is 7.05 Å². The summed E-state index contributed by atoms with van der Waals surface area (Å²) in [6, 6.07) is 0. The molecule has 0 radical (unpaired) electrons. The minimum atomic E-state index is -0.153. The highest BCUT2D eigenvalue weighted by Crippen LogP contribution is 2.20. The Morgan fingerprint density at radius 1 is 1.35 bits per heavy atom. The van der Waals surface area contributed by atoms with Crippen molar-refractivity contribution in [1.82, 2.24) is 10.2 Å². The minimum Gasteiger partial charge on any atom is -0.396 e. The largest absolute Gasteiger partial charge is 0.396 e. The van der Waals surface area contributed by atoms with Crippen LogP contribution in [0.25, 0.3) is 0 Å². The molecule has 17 heavy (non-hydrogen) atoms. The van der Waals surface area contributed by atoms with Crippen molar-refractivity contribution in [2.24, 2.45) is 5.41 Å². The number of nitrogens with zero attached hydrogens (tertiary/aromatic N) is 1. The first-order chi connectivity index (χ1) is 7.78. The Bertz CT molecular complexity index is 264. The SMILES string of the molecule is CC(=O)N(C)CC(=O)NCC(C)(C)CCCO. The lowest BCUT2D eigenvalue weighted by Crippen LogP contribution is -2.41. The fourth-order valence-corrected chi connectivity index (χ4v) is 1.37. The second-order valence-corrected chi connectivity index (χ2v) is 5.14. The van der Waals surface area contributed by atoms with Gasteiger partial charge in [0, 0.05) is 27.1 Å². The van der Waals surface area contributed by atoms with Crippen LogP contribution in [0.3, 0.4) is 0 Å². The van der Waals surface area contributed by atoms with E-state index in [0.29, 0.717) is 6.54 Å². The molecule has 0 aromatic carbocycles. The third-order valence-corrected chi connectivity index (χ3v) is 2.69. The van der Waals surface area contributed by atoms with Crippen molar-refractivity contribution in [2.45, 2.75) is 33.6 Å². The van der Waals surface area contributed by atoms with E-state index in [1.165, 1.54) is 11.8 Å². The molecule has 5 heteroatoms. The van der Waals surface area contributed by atoms with Crippen LogP contribution in [0, 0.1) is 5.41 Å². The van der Waals surface area contributed by atoms with E-state index in [9.17, 15) is 9.59 Å². The molecule has 0 saturated carbocycles. The molecular formula is C12H24N2O3. The van der Waals surface area contributed by atoms with E-state index in [0.717, 1.165) is 12.8 Å². The molecule has 0 aliphatic heterocycles. The highest BCUT2D eigenvalue weighted by molar-refractivity contribution is 5.83. The van der Waals surface area contributed by atoms with E-state index in [-0.39, 0.29) is 30.4 Å². The molecular weight excluding hydrogens is 220 g/mol. The zero-order valence-corrected chi connectivity index (χ0v) is 11.2. The van der Waals surface area contributed by atoms with Gasteiger partial charge in [0.1, 0.15) is 0 Å². The van der Waals surface area contributed by atoms with Crippen LogP contribution in [0.1, 0.15) is 33.6 Å². The molecule has 5 nitrogen and oxygen atoms in total. The first-order valence-corrected chi connectivity index (χ1v) is 5.88. The Morgan fingerprint density at radius 3 is 2.41 bits per heavy atom. The van der Waals surface area contributed by atoms with Gasteiger partial charge in [0.25, 0.3) is 0 Å². The smallest absolute Gasteiger partial charge is 0.239 e. The lowest BCUT2D eigenvalue weighted by atomic mass is 9.88. The van der Waals surface area contributed by atoms with Crippen LogP contribution in [0.5, 0.6) is 0 Å². The number of hydrogen-bond acceptors (Lipinski definition) is 3. The molecule has 0 saturated heterocycles. The van der Waals surface area contributed by atoms with E-state index >= 15 is 0 Å². The Hall–Kier alpha value is -1.10. The molecule has 2 N–H and O–H groups in total. The molecule has 0 atom stereocenters. The standard InChI is InChI=1S/C12H24N2O3/c1-10(16)14(4)8-11(17)13-9-12(2,3)6-5-7-15/h15H,5-9H2,1-4H3,(H,13,17). The zero-order chi connectivity index (χ0) is 13.5. The molecule has 0 aliphatic carbocycles. The van der Waals surface area contributed by atoms with Gasteiger partial charge in [-0.25, -0.2) is 0 Å². The summed E-state index contributed by atoms with van der Waals surface area (Å²) in [6.07, 6.45) is 1.59. The number of aliphatic hydroxyl groups excluding tert-OH is 1. The highest BCUT2D eigenvalue weighted by Gasteiger charge is 2.18. The average Bonchev–Trinajstić information content (AvgIpc) is 2.24. The number of rotatable bonds is 7. The van der Waals surface area contributed by atoms with Crippen molar-refractivity contribution in [2.75, 3.05) is 26.7 Å². The topological polar surface area (TPSA) is 69.6 Å². The second kappa shape index (κ2) is 7.27. The van der Waals surface area contributed by atoms with Gasteiger partial charge in [-0.05, 0) is 18.3 Å². The van der Waals surface area contributed by atoms with Crippen LogP contribution in [0.15, 0.2) is 0 Å². The third kappa shape index (κ3) is 7.74. The molecule has 0 aliphatic rings. The van der Waals surface area contributed by atoms with Crippen molar-refractivity contribution in [3.05, 3.63) is 0 Å². The molecule has 0 fully saturated rings. The Labute approximate surface area is 103 Å². The molecule has 0 aromatic rings. The predicted molar refractivity (Wildman–Crippen MR) is 66.4 cm³/mol. The van der Waals surface area contributed by atoms with Gasteiger partial charge in [-0.1, -0.05) is 13.8 Å². The summed E-state index contributed by atoms with van der Waals surface area (Å²) in [5, 5.41) is 11.6. The first-order valence-electron chi connectivity index (χ1n) is 5.88. The molecule has 0 heterocycles. The number of likely N-dealkylation sites (N-methyl/N-ethyl adjacent to an activating group) is 1. The summed E-state index contributed by atoms with van der Waals surface area (Å²) in [4.78, 5) is 23.8. The number of carbonyl (C=O) groups excluding carboxylic acids is 2. The predicted octanol–water partition coefficient (Wildman–Crippen LogP) is 0.380. The lowest BCUT2D eigenvalue weighted by Gasteiger charge is -2.25. The Morgan fingerprint density at radius 2 is 1.94 bits per heavy atom. The van der Waals surface area contributed by atoms with Crippen LogP contribution >= 0.6 is 0 Å². The normalized spacial score (nSPS) is 11.1. The molecule has 2 amide bonds. The molecule has 0 spiro atoms. The molecule has 0 unspecified atom stereocenters. The summed E-state index contributed by atoms with van der Waals surface area (Å²) >= 11 is 0. The van der Waals surface area contributed by atoms with Crippen LogP contribution in [-0.4, -0.2) is 48.6 Å². The van der Waals surface area contributed by atoms with Gasteiger partial charge in [0.15, 0.2) is 0 Å². The van der Waals surface area contributed by atoms with Crippen LogP contribution < -0.4 is 5.32 Å². The maximum absolute atomic E-state index is 11.5. The second-order valence-electron chi connectivity index (χ2n) is 5.14. The van der Waals surface area contributed by atoms with E-state index in [1.807, 2.05) is 13.8 Å². The van der Waals surface area contributed by atoms with E-state index in [2.05, 4.69) is 5.32 Å². The number of carbonyl (C=O) groups is 2. The summed E-state index contributed by atoms with van der Waals surface area (Å²) in [5.41, 5.74) is -0.0345. The van der Waals surface area contributed by atoms with Gasteiger partial charge in [-0.3, -0.25) is 9.59 Å². The van der Waals surface area contributed by atoms with Crippen molar-refractivity contribution in [1.29, 1.82) is 0 Å². The minimum absolute atomic E-state index is 0.0345. The summed E-state index contributed by atoms with van der Waals surface area (Å²) in [6.45, 7) is 6.32. The monoisotopic (exact) mass is 244 g/mol. The first kappa shape index (κ1) is 15.9. The van der Waals surface area contributed by atoms with Gasteiger partial charge >= 0.3 is 0 Å². The van der Waals surface area contributed by atoms with Gasteiger partial charge in [0.2, 0.25) is 11.8 Å². The molecule has 0 aromatic heterocycles. The van der Waals surface area contributed by atoms with Crippen molar-refractivity contribution in [3.63, 3.8) is 0 Å². The highest BCUT2D eigenvalue weighted by atomic mass is 16.3.